The van der Waals surface area contributed by atoms with E-state index in [9.17, 15) is 31.1 Å². The number of nitrogens with two attached hydrogens (primary N) is 1. The van der Waals surface area contributed by atoms with Crippen LogP contribution < -0.4 is 21.7 Å². The molecule has 226 valence electrons. The number of halogens is 6. The molecule has 0 saturated heterocycles. The average molecular weight is 590 g/mol. The summed E-state index contributed by atoms with van der Waals surface area (Å²) in [7, 11) is 3.58. The van der Waals surface area contributed by atoms with E-state index < -0.39 is 23.8 Å². The number of hydrogen-bond donors (Lipinski definition) is 4. The van der Waals surface area contributed by atoms with E-state index in [1.54, 1.807) is 24.9 Å². The number of aldehydes is 1. The summed E-state index contributed by atoms with van der Waals surface area (Å²) in [6.07, 6.45) is -3.92. The van der Waals surface area contributed by atoms with Crippen LogP contribution in [0.4, 0.5) is 43.7 Å². The number of aromatic nitrogens is 3. The van der Waals surface area contributed by atoms with Crippen LogP contribution in [0.1, 0.15) is 34.6 Å². The third-order valence-corrected chi connectivity index (χ3v) is 5.15. The molecule has 41 heavy (non-hydrogen) atoms. The summed E-state index contributed by atoms with van der Waals surface area (Å²) in [6.45, 7) is 3.38. The van der Waals surface area contributed by atoms with Crippen LogP contribution in [-0.2, 0) is 18.0 Å². The number of nitrogens with one attached hydrogen (secondary N) is 3. The number of carbonyl (C=O) groups excluding carboxylic acids is 2. The summed E-state index contributed by atoms with van der Waals surface area (Å²) in [6, 6.07) is 10.3. The fraction of sp³-hybridized carbons (Fsp3) is 0.385. The van der Waals surface area contributed by atoms with Crippen LogP contribution in [0.15, 0.2) is 48.8 Å². The summed E-state index contributed by atoms with van der Waals surface area (Å²) in [5.74, 6) is 0.578. The number of nitrogens with zero attached hydrogens (tertiary/aromatic N) is 3. The van der Waals surface area contributed by atoms with Gasteiger partial charge < -0.3 is 26.3 Å². The van der Waals surface area contributed by atoms with Gasteiger partial charge in [-0.2, -0.15) is 26.3 Å². The van der Waals surface area contributed by atoms with E-state index in [-0.39, 0.29) is 6.41 Å². The van der Waals surface area contributed by atoms with E-state index in [1.807, 2.05) is 31.2 Å². The van der Waals surface area contributed by atoms with Gasteiger partial charge in [-0.3, -0.25) is 9.59 Å². The maximum atomic E-state index is 12.2. The van der Waals surface area contributed by atoms with Gasteiger partial charge in [0.15, 0.2) is 12.1 Å². The van der Waals surface area contributed by atoms with Crippen molar-refractivity contribution in [3.63, 3.8) is 0 Å². The van der Waals surface area contributed by atoms with Gasteiger partial charge in [-0.25, -0.2) is 9.97 Å². The highest BCUT2D eigenvalue weighted by Crippen LogP contribution is 2.43. The lowest BCUT2D eigenvalue weighted by Crippen LogP contribution is -2.18. The summed E-state index contributed by atoms with van der Waals surface area (Å²) < 4.78 is 71.9. The number of hydrogen-bond acceptors (Lipinski definition) is 7. The Bertz CT molecular complexity index is 1180. The number of carbonyl (C=O) groups is 2. The highest BCUT2D eigenvalue weighted by atomic mass is 19.4. The topological polar surface area (TPSA) is 127 Å². The van der Waals surface area contributed by atoms with Crippen molar-refractivity contribution in [1.29, 1.82) is 0 Å². The Morgan fingerprint density at radius 3 is 2.00 bits per heavy atom. The fourth-order valence-electron chi connectivity index (χ4n) is 2.83. The van der Waals surface area contributed by atoms with Crippen molar-refractivity contribution >= 4 is 30.0 Å². The number of anilines is 3. The third kappa shape index (κ3) is 14.2. The highest BCUT2D eigenvalue weighted by Gasteiger charge is 2.46. The minimum atomic E-state index is -4.32. The average Bonchev–Trinajstić information content (AvgIpc) is 3.71. The molecule has 9 nitrogen and oxygen atoms in total. The van der Waals surface area contributed by atoms with Crippen LogP contribution in [-0.4, -0.2) is 53.5 Å². The molecule has 4 rings (SSSR count). The van der Waals surface area contributed by atoms with E-state index in [4.69, 9.17) is 4.79 Å². The zero-order chi connectivity index (χ0) is 31.1. The minimum Gasteiger partial charge on any atom is -0.372 e. The lowest BCUT2D eigenvalue weighted by atomic mass is 10.2. The Kier molecular flexibility index (Phi) is 14.3. The monoisotopic (exact) mass is 589 g/mol. The Labute approximate surface area is 233 Å². The van der Waals surface area contributed by atoms with E-state index >= 15 is 0 Å². The predicted octanol–water partition coefficient (Wildman–Crippen LogP) is 5.08. The second-order valence-electron chi connectivity index (χ2n) is 8.62. The Morgan fingerprint density at radius 2 is 1.61 bits per heavy atom. The third-order valence-electron chi connectivity index (χ3n) is 5.15. The smallest absolute Gasteiger partial charge is 0.372 e. The van der Waals surface area contributed by atoms with Gasteiger partial charge in [-0.15, -0.1) is 0 Å². The molecule has 1 aromatic carbocycles. The molecule has 0 spiro atoms. The first-order valence-electron chi connectivity index (χ1n) is 12.2. The number of imidazole rings is 1. The number of aryl methyl sites for hydroxylation is 2. The van der Waals surface area contributed by atoms with E-state index in [0.29, 0.717) is 36.8 Å². The van der Waals surface area contributed by atoms with Crippen LogP contribution >= 0.6 is 0 Å². The molecule has 1 aliphatic carbocycles. The van der Waals surface area contributed by atoms with Gasteiger partial charge in [-0.1, -0.05) is 17.7 Å². The normalized spacial score (nSPS) is 12.3. The molecule has 15 heteroatoms. The van der Waals surface area contributed by atoms with Gasteiger partial charge in [0.2, 0.25) is 6.41 Å². The van der Waals surface area contributed by atoms with Gasteiger partial charge in [0.1, 0.15) is 11.6 Å². The zero-order valence-corrected chi connectivity index (χ0v) is 22.7. The summed E-state index contributed by atoms with van der Waals surface area (Å²) in [5.41, 5.74) is 5.60. The molecule has 5 N–H and O–H groups in total. The summed E-state index contributed by atoms with van der Waals surface area (Å²) >= 11 is 0. The molecular formula is C26H33F6N7O2. The van der Waals surface area contributed by atoms with Gasteiger partial charge in [0.25, 0.3) is 0 Å². The van der Waals surface area contributed by atoms with Crippen LogP contribution in [0.25, 0.3) is 0 Å². The molecule has 1 fully saturated rings. The molecular weight excluding hydrogens is 556 g/mol. The molecule has 0 radical (unpaired) electrons. The second-order valence-corrected chi connectivity index (χ2v) is 8.62. The maximum absolute atomic E-state index is 12.2. The highest BCUT2D eigenvalue weighted by molar-refractivity contribution is 5.71. The Morgan fingerprint density at radius 1 is 1.00 bits per heavy atom. The van der Waals surface area contributed by atoms with Crippen LogP contribution in [0.2, 0.25) is 0 Å². The second kappa shape index (κ2) is 16.8. The summed E-state index contributed by atoms with van der Waals surface area (Å²) in [4.78, 5) is 27.0. The van der Waals surface area contributed by atoms with Gasteiger partial charge in [0, 0.05) is 38.2 Å². The lowest BCUT2D eigenvalue weighted by molar-refractivity contribution is -0.147. The first-order chi connectivity index (χ1) is 19.2. The number of likely N-dealkylation sites (N-methyl/N-ethyl adjacent to an activating group) is 1. The van der Waals surface area contributed by atoms with Crippen molar-refractivity contribution in [3.05, 3.63) is 65.7 Å². The molecule has 0 aliphatic heterocycles. The Hall–Kier alpha value is -4.14. The minimum absolute atomic E-state index is 0.250. The van der Waals surface area contributed by atoms with Gasteiger partial charge in [-0.05, 0) is 51.1 Å². The molecule has 1 aliphatic rings. The van der Waals surface area contributed by atoms with Gasteiger partial charge >= 0.3 is 12.4 Å². The molecule has 0 bridgehead atoms. The Balaban J connectivity index is 0.000000311. The first-order valence-corrected chi connectivity index (χ1v) is 12.2. The van der Waals surface area contributed by atoms with Crippen molar-refractivity contribution < 1.29 is 35.9 Å². The van der Waals surface area contributed by atoms with E-state index in [1.165, 1.54) is 11.6 Å². The number of alkyl halides is 6. The largest absolute Gasteiger partial charge is 0.417 e. The SMILES string of the molecule is CNCCNc1ccc(C(F)(F)F)cn1.Cc1ccc(Nc2cn(C)c(C=O)n2)cc1.FC(F)(F)C1CC1.NC=O. The first kappa shape index (κ1) is 34.9. The standard InChI is InChI=1S/C12H13N3O.C9H12F3N3.C4H5F3.CH3NO/c1-9-3-5-10(6-4-9)13-11-7-15(2)12(8-16)14-11;1-13-4-5-14-8-3-2-7(6-15-8)9(10,11)12;5-4(6,7)3-1-2-3;2-1-3/h3-8,13H,1-2H3;2-3,6,13H,4-5H2,1H3,(H,14,15);3H,1-2H2;1H,(H2,2,3). The molecule has 3 aromatic rings. The van der Waals surface area contributed by atoms with Crippen molar-refractivity contribution in [2.24, 2.45) is 18.7 Å². The quantitative estimate of drug-likeness (QED) is 0.172. The molecule has 0 unspecified atom stereocenters. The van der Waals surface area contributed by atoms with Crippen molar-refractivity contribution in [1.82, 2.24) is 19.9 Å². The number of pyridine rings is 1. The van der Waals surface area contributed by atoms with Crippen molar-refractivity contribution in [2.45, 2.75) is 32.1 Å². The maximum Gasteiger partial charge on any atom is 0.417 e. The fourth-order valence-corrected chi connectivity index (χ4v) is 2.83. The van der Waals surface area contributed by atoms with Gasteiger partial charge in [0.05, 0.1) is 11.5 Å². The lowest BCUT2D eigenvalue weighted by Gasteiger charge is -2.08. The van der Waals surface area contributed by atoms with Crippen molar-refractivity contribution in [2.75, 3.05) is 30.8 Å². The number of rotatable bonds is 7. The van der Waals surface area contributed by atoms with Crippen LogP contribution in [0, 0.1) is 12.8 Å². The van der Waals surface area contributed by atoms with E-state index in [0.717, 1.165) is 30.8 Å². The predicted molar refractivity (Wildman–Crippen MR) is 144 cm³/mol. The molecule has 2 aromatic heterocycles. The molecule has 1 amide bonds. The van der Waals surface area contributed by atoms with Crippen molar-refractivity contribution in [3.8, 4) is 0 Å². The number of benzene rings is 1. The van der Waals surface area contributed by atoms with Crippen LogP contribution in [0.3, 0.4) is 0 Å². The molecule has 1 saturated carbocycles. The summed E-state index contributed by atoms with van der Waals surface area (Å²) in [5, 5.41) is 8.92. The number of primary amides is 1. The number of amides is 1. The van der Waals surface area contributed by atoms with E-state index in [2.05, 4.69) is 31.7 Å². The van der Waals surface area contributed by atoms with Crippen LogP contribution in [0.5, 0.6) is 0 Å². The molecule has 2 heterocycles. The molecule has 0 atom stereocenters. The zero-order valence-electron chi connectivity index (χ0n) is 22.7.